The Morgan fingerprint density at radius 2 is 2.17 bits per heavy atom. The van der Waals surface area contributed by atoms with Gasteiger partial charge in [0.25, 0.3) is 0 Å². The van der Waals surface area contributed by atoms with E-state index >= 15 is 0 Å². The zero-order valence-corrected chi connectivity index (χ0v) is 10.1. The summed E-state index contributed by atoms with van der Waals surface area (Å²) in [6.07, 6.45) is 3.01. The lowest BCUT2D eigenvalue weighted by Crippen LogP contribution is -2.32. The number of hydrogen-bond donors (Lipinski definition) is 1. The molecule has 0 aromatic rings. The smallest absolute Gasteiger partial charge is 0.0765 e. The van der Waals surface area contributed by atoms with Crippen LogP contribution in [0.3, 0.4) is 0 Å². The fourth-order valence-electron chi connectivity index (χ4n) is 0.877. The van der Waals surface area contributed by atoms with Crippen LogP contribution in [0.4, 0.5) is 0 Å². The first-order chi connectivity index (χ1) is 5.68. The largest absolute Gasteiger partial charge is 0.396 e. The number of halogens is 1. The third kappa shape index (κ3) is 5.32. The lowest BCUT2D eigenvalue weighted by molar-refractivity contribution is -0.0278. The number of ether oxygens (including phenoxy) is 1. The van der Waals surface area contributed by atoms with E-state index in [1.54, 1.807) is 0 Å². The molecule has 1 unspecified atom stereocenters. The van der Waals surface area contributed by atoms with Gasteiger partial charge >= 0.3 is 0 Å². The van der Waals surface area contributed by atoms with Crippen LogP contribution < -0.4 is 0 Å². The van der Waals surface area contributed by atoms with E-state index in [4.69, 9.17) is 9.84 Å². The molecule has 0 aliphatic heterocycles. The summed E-state index contributed by atoms with van der Waals surface area (Å²) in [5, 5.41) is 8.81. The van der Waals surface area contributed by atoms with E-state index in [9.17, 15) is 0 Å². The first-order valence-corrected chi connectivity index (χ1v) is 6.02. The van der Waals surface area contributed by atoms with E-state index in [0.29, 0.717) is 0 Å². The van der Waals surface area contributed by atoms with Crippen molar-refractivity contribution in [3.63, 3.8) is 0 Å². The highest BCUT2D eigenvalue weighted by atomic mass is 127. The van der Waals surface area contributed by atoms with Gasteiger partial charge in [0.15, 0.2) is 0 Å². The van der Waals surface area contributed by atoms with Crippen LogP contribution in [0.5, 0.6) is 0 Å². The maximum Gasteiger partial charge on any atom is 0.0765 e. The fourth-order valence-corrected chi connectivity index (χ4v) is 1.48. The molecule has 0 saturated heterocycles. The van der Waals surface area contributed by atoms with E-state index in [0.717, 1.165) is 30.3 Å². The second-order valence-corrected chi connectivity index (χ2v) is 4.02. The number of unbranched alkanes of at least 4 members (excludes halogenated alkanes) is 1. The van der Waals surface area contributed by atoms with Crippen LogP contribution in [0.1, 0.15) is 33.1 Å². The lowest BCUT2D eigenvalue weighted by atomic mass is 10.1. The Labute approximate surface area is 88.8 Å². The van der Waals surface area contributed by atoms with Crippen molar-refractivity contribution in [2.24, 2.45) is 0 Å². The molecule has 2 nitrogen and oxygen atoms in total. The number of aliphatic hydroxyl groups excluding tert-OH is 1. The van der Waals surface area contributed by atoms with Crippen LogP contribution in [-0.2, 0) is 4.74 Å². The quantitative estimate of drug-likeness (QED) is 0.442. The van der Waals surface area contributed by atoms with Crippen molar-refractivity contribution >= 4 is 22.6 Å². The minimum absolute atomic E-state index is 0.121. The SMILES string of the molecule is CCCCOC(C)(CI)CCO. The van der Waals surface area contributed by atoms with Crippen LogP contribution in [-0.4, -0.2) is 28.3 Å². The van der Waals surface area contributed by atoms with E-state index in [1.807, 2.05) is 0 Å². The standard InChI is InChI=1S/C9H19IO2/c1-3-4-7-12-9(2,8-10)5-6-11/h11H,3-8H2,1-2H3. The molecule has 1 N–H and O–H groups in total. The van der Waals surface area contributed by atoms with Gasteiger partial charge in [-0.3, -0.25) is 0 Å². The van der Waals surface area contributed by atoms with Gasteiger partial charge in [0.1, 0.15) is 0 Å². The molecule has 0 aromatic heterocycles. The molecule has 0 saturated carbocycles. The topological polar surface area (TPSA) is 29.5 Å². The second kappa shape index (κ2) is 7.09. The summed E-state index contributed by atoms with van der Waals surface area (Å²) >= 11 is 2.31. The van der Waals surface area contributed by atoms with Crippen molar-refractivity contribution in [3.8, 4) is 0 Å². The maximum absolute atomic E-state index is 8.81. The Morgan fingerprint density at radius 1 is 1.50 bits per heavy atom. The van der Waals surface area contributed by atoms with Gasteiger partial charge in [0, 0.05) is 17.6 Å². The van der Waals surface area contributed by atoms with E-state index in [1.165, 1.54) is 0 Å². The van der Waals surface area contributed by atoms with Gasteiger partial charge in [-0.2, -0.15) is 0 Å². The Kier molecular flexibility index (Phi) is 7.48. The third-order valence-electron chi connectivity index (χ3n) is 1.87. The summed E-state index contributed by atoms with van der Waals surface area (Å²) in [5.74, 6) is 0. The highest BCUT2D eigenvalue weighted by Crippen LogP contribution is 2.18. The molecule has 0 radical (unpaired) electrons. The zero-order valence-electron chi connectivity index (χ0n) is 7.98. The molecule has 0 bridgehead atoms. The molecule has 0 spiro atoms. The van der Waals surface area contributed by atoms with Crippen molar-refractivity contribution in [2.75, 3.05) is 17.6 Å². The summed E-state index contributed by atoms with van der Waals surface area (Å²) in [7, 11) is 0. The molecule has 1 atom stereocenters. The van der Waals surface area contributed by atoms with Gasteiger partial charge in [0.05, 0.1) is 5.60 Å². The van der Waals surface area contributed by atoms with Crippen LogP contribution in [0, 0.1) is 0 Å². The summed E-state index contributed by atoms with van der Waals surface area (Å²) in [4.78, 5) is 0. The molecule has 0 rings (SSSR count). The Balaban J connectivity index is 3.63. The molecular formula is C9H19IO2. The van der Waals surface area contributed by atoms with Gasteiger partial charge in [0.2, 0.25) is 0 Å². The average molecular weight is 286 g/mol. The first kappa shape index (κ1) is 12.7. The van der Waals surface area contributed by atoms with Crippen LogP contribution in [0.2, 0.25) is 0 Å². The normalized spacial score (nSPS) is 16.0. The van der Waals surface area contributed by atoms with Crippen molar-refractivity contribution in [1.29, 1.82) is 0 Å². The van der Waals surface area contributed by atoms with Gasteiger partial charge in [-0.05, 0) is 19.8 Å². The number of hydrogen-bond acceptors (Lipinski definition) is 2. The third-order valence-corrected chi connectivity index (χ3v) is 3.49. The van der Waals surface area contributed by atoms with Crippen LogP contribution >= 0.6 is 22.6 Å². The summed E-state index contributed by atoms with van der Waals surface area (Å²) in [5.41, 5.74) is -0.121. The summed E-state index contributed by atoms with van der Waals surface area (Å²) in [6, 6.07) is 0. The monoisotopic (exact) mass is 286 g/mol. The molecule has 0 amide bonds. The Morgan fingerprint density at radius 3 is 2.58 bits per heavy atom. The minimum atomic E-state index is -0.121. The van der Waals surface area contributed by atoms with Crippen molar-refractivity contribution in [2.45, 2.75) is 38.7 Å². The predicted octanol–water partition coefficient (Wildman–Crippen LogP) is 2.38. The number of rotatable bonds is 7. The molecule has 74 valence electrons. The van der Waals surface area contributed by atoms with Gasteiger partial charge in [-0.15, -0.1) is 0 Å². The molecular weight excluding hydrogens is 267 g/mol. The van der Waals surface area contributed by atoms with Crippen molar-refractivity contribution in [1.82, 2.24) is 0 Å². The van der Waals surface area contributed by atoms with Crippen molar-refractivity contribution in [3.05, 3.63) is 0 Å². The molecule has 3 heteroatoms. The molecule has 12 heavy (non-hydrogen) atoms. The number of aliphatic hydroxyl groups is 1. The van der Waals surface area contributed by atoms with Crippen LogP contribution in [0.15, 0.2) is 0 Å². The zero-order chi connectivity index (χ0) is 9.45. The highest BCUT2D eigenvalue weighted by Gasteiger charge is 2.22. The fraction of sp³-hybridized carbons (Fsp3) is 1.00. The average Bonchev–Trinajstić information content (AvgIpc) is 2.06. The first-order valence-electron chi connectivity index (χ1n) is 4.49. The van der Waals surface area contributed by atoms with E-state index in [2.05, 4.69) is 36.4 Å². The molecule has 0 aromatic carbocycles. The molecule has 0 aliphatic rings. The van der Waals surface area contributed by atoms with E-state index < -0.39 is 0 Å². The van der Waals surface area contributed by atoms with Gasteiger partial charge in [-0.25, -0.2) is 0 Å². The highest BCUT2D eigenvalue weighted by molar-refractivity contribution is 14.1. The van der Waals surface area contributed by atoms with Crippen LogP contribution in [0.25, 0.3) is 0 Å². The Bertz CT molecular complexity index is 109. The second-order valence-electron chi connectivity index (χ2n) is 3.26. The summed E-state index contributed by atoms with van der Waals surface area (Å²) in [6.45, 7) is 5.24. The minimum Gasteiger partial charge on any atom is -0.396 e. The van der Waals surface area contributed by atoms with Gasteiger partial charge in [-0.1, -0.05) is 35.9 Å². The molecule has 0 fully saturated rings. The van der Waals surface area contributed by atoms with E-state index in [-0.39, 0.29) is 12.2 Å². The Hall–Kier alpha value is 0.650. The van der Waals surface area contributed by atoms with Gasteiger partial charge < -0.3 is 9.84 Å². The number of alkyl halides is 1. The maximum atomic E-state index is 8.81. The lowest BCUT2D eigenvalue weighted by Gasteiger charge is -2.27. The molecule has 0 heterocycles. The summed E-state index contributed by atoms with van der Waals surface area (Å²) < 4.78 is 6.63. The predicted molar refractivity (Wildman–Crippen MR) is 59.9 cm³/mol. The molecule has 0 aliphatic carbocycles. The van der Waals surface area contributed by atoms with Crippen molar-refractivity contribution < 1.29 is 9.84 Å².